The van der Waals surface area contributed by atoms with Crippen LogP contribution in [0.5, 0.6) is 0 Å². The molecule has 1 amide bonds. The van der Waals surface area contributed by atoms with Gasteiger partial charge < -0.3 is 9.66 Å². The van der Waals surface area contributed by atoms with Crippen LogP contribution in [0.4, 0.5) is 4.79 Å². The van der Waals surface area contributed by atoms with Crippen LogP contribution in [0.15, 0.2) is 30.3 Å². The van der Waals surface area contributed by atoms with Crippen molar-refractivity contribution < 1.29 is 14.5 Å². The Kier molecular flexibility index (Phi) is 3.79. The lowest BCUT2D eigenvalue weighted by Crippen LogP contribution is -2.34. The molecule has 1 unspecified atom stereocenters. The van der Waals surface area contributed by atoms with E-state index in [4.69, 9.17) is 5.11 Å². The predicted molar refractivity (Wildman–Crippen MR) is 54.1 cm³/mol. The Hall–Kier alpha value is -1.20. The third kappa shape index (κ3) is 2.93. The molecule has 0 aromatic heterocycles. The summed E-state index contributed by atoms with van der Waals surface area (Å²) in [5.41, 5.74) is 0.824. The SMILES string of the molecule is C[S+]([O-])N(Cc1ccccc1)C(=O)O. The smallest absolute Gasteiger partial charge is 0.449 e. The molecule has 0 aliphatic rings. The van der Waals surface area contributed by atoms with Crippen molar-refractivity contribution in [1.29, 1.82) is 0 Å². The fraction of sp³-hybridized carbons (Fsp3) is 0.222. The average Bonchev–Trinajstić information content (AvgIpc) is 2.15. The molecule has 1 atom stereocenters. The first-order valence-electron chi connectivity index (χ1n) is 3.99. The number of hydrogen-bond acceptors (Lipinski definition) is 2. The van der Waals surface area contributed by atoms with Gasteiger partial charge in [-0.3, -0.25) is 0 Å². The van der Waals surface area contributed by atoms with Crippen molar-refractivity contribution >= 4 is 17.5 Å². The molecule has 0 saturated heterocycles. The van der Waals surface area contributed by atoms with Crippen LogP contribution in [-0.2, 0) is 17.9 Å². The summed E-state index contributed by atoms with van der Waals surface area (Å²) in [6.07, 6.45) is 0.173. The number of rotatable bonds is 3. The van der Waals surface area contributed by atoms with Gasteiger partial charge in [0.25, 0.3) is 0 Å². The zero-order chi connectivity index (χ0) is 10.6. The lowest BCUT2D eigenvalue weighted by Gasteiger charge is -2.18. The minimum absolute atomic E-state index is 0.152. The lowest BCUT2D eigenvalue weighted by atomic mass is 10.2. The molecule has 0 fully saturated rings. The Balaban J connectivity index is 2.70. The van der Waals surface area contributed by atoms with Crippen LogP contribution in [0.3, 0.4) is 0 Å². The second-order valence-corrected chi connectivity index (χ2v) is 4.02. The predicted octanol–water partition coefficient (Wildman–Crippen LogP) is 1.46. The first kappa shape index (κ1) is 10.9. The lowest BCUT2D eigenvalue weighted by molar-refractivity contribution is 0.171. The van der Waals surface area contributed by atoms with Gasteiger partial charge in [-0.2, -0.15) is 0 Å². The standard InChI is InChI=1S/C9H11NO3S/c1-14(13)10(9(11)12)7-8-5-3-2-4-6-8/h2-6H,7H2,1H3,(H,11,12). The van der Waals surface area contributed by atoms with Gasteiger partial charge in [0.15, 0.2) is 0 Å². The number of amides is 1. The minimum Gasteiger partial charge on any atom is -0.593 e. The number of hydrogen-bond donors (Lipinski definition) is 1. The third-order valence-corrected chi connectivity index (χ3v) is 2.60. The van der Waals surface area contributed by atoms with E-state index < -0.39 is 17.5 Å². The molecule has 14 heavy (non-hydrogen) atoms. The van der Waals surface area contributed by atoms with E-state index in [2.05, 4.69) is 0 Å². The van der Waals surface area contributed by atoms with Gasteiger partial charge in [0.1, 0.15) is 6.26 Å². The molecular weight excluding hydrogens is 202 g/mol. The summed E-state index contributed by atoms with van der Waals surface area (Å²) < 4.78 is 11.9. The molecule has 76 valence electrons. The summed E-state index contributed by atoms with van der Waals surface area (Å²) in [7, 11) is 0. The fourth-order valence-corrected chi connectivity index (χ4v) is 1.57. The van der Waals surface area contributed by atoms with Crippen LogP contribution in [0.1, 0.15) is 5.56 Å². The highest BCUT2D eigenvalue weighted by Crippen LogP contribution is 2.08. The highest BCUT2D eigenvalue weighted by Gasteiger charge is 2.21. The Bertz CT molecular complexity index is 302. The third-order valence-electron chi connectivity index (χ3n) is 1.69. The molecule has 0 spiro atoms. The van der Waals surface area contributed by atoms with Crippen molar-refractivity contribution in [3.8, 4) is 0 Å². The number of carbonyl (C=O) groups is 1. The largest absolute Gasteiger partial charge is 0.593 e. The highest BCUT2D eigenvalue weighted by molar-refractivity contribution is 7.88. The molecular formula is C9H11NO3S. The van der Waals surface area contributed by atoms with Gasteiger partial charge in [-0.1, -0.05) is 30.3 Å². The Morgan fingerprint density at radius 2 is 2.07 bits per heavy atom. The van der Waals surface area contributed by atoms with Gasteiger partial charge in [0, 0.05) is 0 Å². The molecule has 0 heterocycles. The molecule has 0 bridgehead atoms. The fourth-order valence-electron chi connectivity index (χ4n) is 1.02. The molecule has 1 N–H and O–H groups in total. The van der Waals surface area contributed by atoms with Crippen LogP contribution in [0, 0.1) is 0 Å². The molecule has 0 saturated carbocycles. The molecule has 1 aromatic carbocycles. The van der Waals surface area contributed by atoms with Crippen LogP contribution in [-0.4, -0.2) is 26.3 Å². The van der Waals surface area contributed by atoms with Gasteiger partial charge in [-0.15, -0.1) is 4.31 Å². The molecule has 4 nitrogen and oxygen atoms in total. The molecule has 0 radical (unpaired) electrons. The number of nitrogens with zero attached hydrogens (tertiary/aromatic N) is 1. The van der Waals surface area contributed by atoms with Crippen molar-refractivity contribution in [1.82, 2.24) is 4.31 Å². The molecule has 0 aliphatic heterocycles. The van der Waals surface area contributed by atoms with E-state index in [1.165, 1.54) is 6.26 Å². The first-order valence-corrected chi connectivity index (χ1v) is 5.50. The maximum absolute atomic E-state index is 11.0. The Labute approximate surface area is 85.5 Å². The van der Waals surface area contributed by atoms with Crippen molar-refractivity contribution in [2.45, 2.75) is 6.54 Å². The monoisotopic (exact) mass is 213 g/mol. The van der Waals surface area contributed by atoms with Crippen LogP contribution in [0.25, 0.3) is 0 Å². The normalized spacial score (nSPS) is 12.1. The van der Waals surface area contributed by atoms with Crippen molar-refractivity contribution in [3.63, 3.8) is 0 Å². The Morgan fingerprint density at radius 3 is 2.50 bits per heavy atom. The van der Waals surface area contributed by atoms with E-state index in [0.717, 1.165) is 9.87 Å². The van der Waals surface area contributed by atoms with Gasteiger partial charge in [-0.05, 0) is 5.56 Å². The maximum Gasteiger partial charge on any atom is 0.449 e. The molecule has 0 aliphatic carbocycles. The summed E-state index contributed by atoms with van der Waals surface area (Å²) in [5.74, 6) is 0. The average molecular weight is 213 g/mol. The van der Waals surface area contributed by atoms with E-state index in [9.17, 15) is 9.35 Å². The maximum atomic E-state index is 11.0. The van der Waals surface area contributed by atoms with Gasteiger partial charge in [0.05, 0.1) is 17.9 Å². The van der Waals surface area contributed by atoms with E-state index in [-0.39, 0.29) is 6.54 Å². The second-order valence-electron chi connectivity index (χ2n) is 2.73. The van der Waals surface area contributed by atoms with E-state index in [1.807, 2.05) is 18.2 Å². The van der Waals surface area contributed by atoms with Crippen LogP contribution in [0.2, 0.25) is 0 Å². The van der Waals surface area contributed by atoms with Crippen molar-refractivity contribution in [3.05, 3.63) is 35.9 Å². The second kappa shape index (κ2) is 4.88. The summed E-state index contributed by atoms with van der Waals surface area (Å²) >= 11 is -1.50. The molecule has 5 heteroatoms. The van der Waals surface area contributed by atoms with Crippen molar-refractivity contribution in [2.24, 2.45) is 0 Å². The Morgan fingerprint density at radius 1 is 1.50 bits per heavy atom. The molecule has 1 aromatic rings. The highest BCUT2D eigenvalue weighted by atomic mass is 32.2. The zero-order valence-electron chi connectivity index (χ0n) is 7.71. The van der Waals surface area contributed by atoms with Crippen LogP contribution >= 0.6 is 0 Å². The summed E-state index contributed by atoms with van der Waals surface area (Å²) in [6.45, 7) is 0.152. The number of carboxylic acid groups (broad SMARTS) is 1. The van der Waals surface area contributed by atoms with Gasteiger partial charge in [0.2, 0.25) is 0 Å². The number of benzene rings is 1. The minimum atomic E-state index is -1.50. The molecule has 1 rings (SSSR count). The van der Waals surface area contributed by atoms with Gasteiger partial charge in [-0.25, -0.2) is 4.79 Å². The zero-order valence-corrected chi connectivity index (χ0v) is 8.53. The first-order chi connectivity index (χ1) is 6.61. The summed E-state index contributed by atoms with van der Waals surface area (Å²) in [4.78, 5) is 10.7. The quantitative estimate of drug-likeness (QED) is 0.773. The van der Waals surface area contributed by atoms with Crippen molar-refractivity contribution in [2.75, 3.05) is 6.26 Å². The van der Waals surface area contributed by atoms with Gasteiger partial charge >= 0.3 is 6.09 Å². The van der Waals surface area contributed by atoms with E-state index in [1.54, 1.807) is 12.1 Å². The van der Waals surface area contributed by atoms with Crippen LogP contribution < -0.4 is 0 Å². The summed E-state index contributed by atoms with van der Waals surface area (Å²) in [6, 6.07) is 9.06. The topological polar surface area (TPSA) is 63.6 Å². The van der Waals surface area contributed by atoms with E-state index >= 15 is 0 Å². The van der Waals surface area contributed by atoms with E-state index in [0.29, 0.717) is 0 Å². The summed E-state index contributed by atoms with van der Waals surface area (Å²) in [5, 5.41) is 8.74.